The van der Waals surface area contributed by atoms with Gasteiger partial charge in [0.1, 0.15) is 5.75 Å². The number of piperidine rings is 1. The van der Waals surface area contributed by atoms with Crippen LogP contribution in [0.2, 0.25) is 0 Å². The number of amides is 2. The van der Waals surface area contributed by atoms with Gasteiger partial charge in [0.05, 0.1) is 29.8 Å². The van der Waals surface area contributed by atoms with Gasteiger partial charge in [0.2, 0.25) is 11.8 Å². The number of unbranched alkanes of at least 4 members (excludes halogenated alkanes) is 1. The third-order valence-corrected chi connectivity index (χ3v) is 7.79. The lowest BCUT2D eigenvalue weighted by Crippen LogP contribution is -2.54. The lowest BCUT2D eigenvalue weighted by atomic mass is 9.82. The lowest BCUT2D eigenvalue weighted by Gasteiger charge is -2.44. The summed E-state index contributed by atoms with van der Waals surface area (Å²) >= 11 is 1.68. The van der Waals surface area contributed by atoms with E-state index >= 15 is 0 Å². The molecule has 0 saturated carbocycles. The molecule has 0 N–H and O–H groups in total. The van der Waals surface area contributed by atoms with Crippen molar-refractivity contribution in [2.45, 2.75) is 52.1 Å². The van der Waals surface area contributed by atoms with Crippen molar-refractivity contribution in [2.24, 2.45) is 5.92 Å². The van der Waals surface area contributed by atoms with Gasteiger partial charge in [0, 0.05) is 56.6 Å². The van der Waals surface area contributed by atoms with Crippen LogP contribution in [0.1, 0.15) is 54.9 Å². The number of carbonyl (C=O) groups is 2. The molecule has 2 unspecified atom stereocenters. The topological polar surface area (TPSA) is 66.0 Å². The van der Waals surface area contributed by atoms with Crippen molar-refractivity contribution < 1.29 is 14.3 Å². The van der Waals surface area contributed by atoms with Gasteiger partial charge in [-0.2, -0.15) is 0 Å². The number of piperazine rings is 1. The molecule has 2 amide bonds. The number of aryl methyl sites for hydroxylation is 1. The highest BCUT2D eigenvalue weighted by Gasteiger charge is 2.43. The van der Waals surface area contributed by atoms with Crippen molar-refractivity contribution in [1.82, 2.24) is 19.7 Å². The minimum Gasteiger partial charge on any atom is -0.496 e. The number of hydrogen-bond donors (Lipinski definition) is 0. The molecule has 7 nitrogen and oxygen atoms in total. The van der Waals surface area contributed by atoms with Crippen LogP contribution in [0.15, 0.2) is 29.6 Å². The zero-order chi connectivity index (χ0) is 24.1. The first-order valence-corrected chi connectivity index (χ1v) is 13.2. The Kier molecular flexibility index (Phi) is 8.21. The Labute approximate surface area is 206 Å². The third-order valence-electron chi connectivity index (χ3n) is 6.97. The van der Waals surface area contributed by atoms with E-state index in [1.54, 1.807) is 18.4 Å². The molecule has 2 fully saturated rings. The van der Waals surface area contributed by atoms with Gasteiger partial charge in [0.25, 0.3) is 0 Å². The van der Waals surface area contributed by atoms with Gasteiger partial charge in [-0.25, -0.2) is 4.98 Å². The summed E-state index contributed by atoms with van der Waals surface area (Å²) in [6.45, 7) is 8.75. The van der Waals surface area contributed by atoms with Crippen LogP contribution in [0.5, 0.6) is 5.75 Å². The molecule has 2 aromatic rings. The van der Waals surface area contributed by atoms with Gasteiger partial charge in [-0.15, -0.1) is 11.3 Å². The molecule has 184 valence electrons. The molecule has 3 heterocycles. The summed E-state index contributed by atoms with van der Waals surface area (Å²) in [5.41, 5.74) is 2.04. The fourth-order valence-corrected chi connectivity index (χ4v) is 5.77. The third kappa shape index (κ3) is 5.44. The standard InChI is InChI=1S/C26H36N4O3S/c1-4-5-12-30-24(31)11-10-22(25(30)21-8-6-7-9-23(21)33-3)26(32)29-15-13-28(14-16-29)17-20-18-34-19(2)27-20/h6-9,18,22,25H,4-5,10-17H2,1-3H3. The first-order valence-electron chi connectivity index (χ1n) is 12.4. The summed E-state index contributed by atoms with van der Waals surface area (Å²) in [6.07, 6.45) is 2.94. The highest BCUT2D eigenvalue weighted by atomic mass is 32.1. The van der Waals surface area contributed by atoms with E-state index in [-0.39, 0.29) is 23.8 Å². The summed E-state index contributed by atoms with van der Waals surface area (Å²) < 4.78 is 5.66. The van der Waals surface area contributed by atoms with Gasteiger partial charge in [-0.3, -0.25) is 14.5 Å². The number of carbonyl (C=O) groups excluding carboxylic acids is 2. The number of thiazole rings is 1. The molecule has 8 heteroatoms. The van der Waals surface area contributed by atoms with Crippen LogP contribution < -0.4 is 4.74 Å². The Balaban J connectivity index is 1.51. The van der Waals surface area contributed by atoms with Crippen LogP contribution >= 0.6 is 11.3 Å². The number of methoxy groups -OCH3 is 1. The Morgan fingerprint density at radius 2 is 1.97 bits per heavy atom. The van der Waals surface area contributed by atoms with Crippen LogP contribution in [0.3, 0.4) is 0 Å². The van der Waals surface area contributed by atoms with Crippen LogP contribution in [-0.2, 0) is 16.1 Å². The molecule has 2 aliphatic heterocycles. The minimum absolute atomic E-state index is 0.136. The number of ether oxygens (including phenoxy) is 1. The SMILES string of the molecule is CCCCN1C(=O)CCC(C(=O)N2CCN(Cc3csc(C)n3)CC2)C1c1ccccc1OC. The average molecular weight is 485 g/mol. The highest BCUT2D eigenvalue weighted by molar-refractivity contribution is 7.09. The molecule has 2 saturated heterocycles. The Bertz CT molecular complexity index is 986. The Morgan fingerprint density at radius 1 is 1.21 bits per heavy atom. The number of benzene rings is 1. The summed E-state index contributed by atoms with van der Waals surface area (Å²) in [4.78, 5) is 37.7. The molecule has 34 heavy (non-hydrogen) atoms. The zero-order valence-corrected chi connectivity index (χ0v) is 21.4. The van der Waals surface area contributed by atoms with Crippen LogP contribution in [0.25, 0.3) is 0 Å². The van der Waals surface area contributed by atoms with Crippen molar-refractivity contribution in [3.8, 4) is 5.75 Å². The Morgan fingerprint density at radius 3 is 2.65 bits per heavy atom. The number of likely N-dealkylation sites (tertiary alicyclic amines) is 1. The maximum atomic E-state index is 13.8. The van der Waals surface area contributed by atoms with Gasteiger partial charge < -0.3 is 14.5 Å². The fourth-order valence-electron chi connectivity index (χ4n) is 5.17. The second-order valence-corrected chi connectivity index (χ2v) is 10.3. The number of para-hydroxylation sites is 1. The normalized spacial score (nSPS) is 21.7. The predicted molar refractivity (Wildman–Crippen MR) is 134 cm³/mol. The lowest BCUT2D eigenvalue weighted by molar-refractivity contribution is -0.149. The highest BCUT2D eigenvalue weighted by Crippen LogP contribution is 2.41. The summed E-state index contributed by atoms with van der Waals surface area (Å²) in [5.74, 6) is 0.786. The molecule has 4 rings (SSSR count). The van der Waals surface area contributed by atoms with E-state index in [9.17, 15) is 9.59 Å². The van der Waals surface area contributed by atoms with Gasteiger partial charge in [-0.1, -0.05) is 31.5 Å². The number of hydrogen-bond acceptors (Lipinski definition) is 6. The second kappa shape index (κ2) is 11.3. The molecule has 2 atom stereocenters. The smallest absolute Gasteiger partial charge is 0.228 e. The molecule has 2 aliphatic rings. The first-order chi connectivity index (χ1) is 16.5. The molecule has 0 spiro atoms. The minimum atomic E-state index is -0.285. The van der Waals surface area contributed by atoms with Crippen LogP contribution in [0, 0.1) is 12.8 Å². The van der Waals surface area contributed by atoms with Crippen LogP contribution in [-0.4, -0.2) is 71.3 Å². The molecule has 0 bridgehead atoms. The summed E-state index contributed by atoms with van der Waals surface area (Å²) in [6, 6.07) is 7.55. The number of nitrogens with zero attached hydrogens (tertiary/aromatic N) is 4. The van der Waals surface area contributed by atoms with Gasteiger partial charge in [0.15, 0.2) is 0 Å². The summed E-state index contributed by atoms with van der Waals surface area (Å²) in [5, 5.41) is 3.21. The van der Waals surface area contributed by atoms with Gasteiger partial charge in [-0.05, 0) is 25.8 Å². The van der Waals surface area contributed by atoms with Crippen molar-refractivity contribution in [3.63, 3.8) is 0 Å². The van der Waals surface area contributed by atoms with E-state index in [0.29, 0.717) is 32.5 Å². The molecule has 0 aliphatic carbocycles. The monoisotopic (exact) mass is 484 g/mol. The van der Waals surface area contributed by atoms with Crippen molar-refractivity contribution in [3.05, 3.63) is 45.9 Å². The zero-order valence-electron chi connectivity index (χ0n) is 20.5. The van der Waals surface area contributed by atoms with E-state index in [4.69, 9.17) is 4.74 Å². The quantitative estimate of drug-likeness (QED) is 0.569. The number of aromatic nitrogens is 1. The van der Waals surface area contributed by atoms with E-state index in [2.05, 4.69) is 22.2 Å². The van der Waals surface area contributed by atoms with E-state index < -0.39 is 0 Å². The molecular weight excluding hydrogens is 448 g/mol. The molecular formula is C26H36N4O3S. The molecule has 1 aromatic carbocycles. The largest absolute Gasteiger partial charge is 0.496 e. The predicted octanol–water partition coefficient (Wildman–Crippen LogP) is 3.88. The van der Waals surface area contributed by atoms with Crippen LogP contribution in [0.4, 0.5) is 0 Å². The molecule has 0 radical (unpaired) electrons. The van der Waals surface area contributed by atoms with Crippen molar-refractivity contribution in [1.29, 1.82) is 0 Å². The summed E-state index contributed by atoms with van der Waals surface area (Å²) in [7, 11) is 1.65. The number of rotatable bonds is 8. The van der Waals surface area contributed by atoms with Crippen molar-refractivity contribution in [2.75, 3.05) is 39.8 Å². The van der Waals surface area contributed by atoms with Crippen molar-refractivity contribution >= 4 is 23.2 Å². The first kappa shape index (κ1) is 24.7. The van der Waals surface area contributed by atoms with E-state index in [0.717, 1.165) is 54.5 Å². The van der Waals surface area contributed by atoms with E-state index in [1.807, 2.05) is 41.0 Å². The average Bonchev–Trinajstić information content (AvgIpc) is 3.27. The maximum Gasteiger partial charge on any atom is 0.228 e. The Hall–Kier alpha value is -2.45. The van der Waals surface area contributed by atoms with Gasteiger partial charge >= 0.3 is 0 Å². The van der Waals surface area contributed by atoms with E-state index in [1.165, 1.54) is 0 Å². The molecule has 1 aromatic heterocycles. The second-order valence-electron chi connectivity index (χ2n) is 9.23. The maximum absolute atomic E-state index is 13.8. The fraction of sp³-hybridized carbons (Fsp3) is 0.577.